The number of nitrogens with one attached hydrogen (secondary N) is 1. The number of benzene rings is 2. The maximum Gasteiger partial charge on any atom is 0.0112 e. The minimum Gasteiger partial charge on any atom is -0.317 e. The predicted molar refractivity (Wildman–Crippen MR) is 93.8 cm³/mol. The molecule has 0 fully saturated rings. The lowest BCUT2D eigenvalue weighted by Gasteiger charge is -2.21. The molecule has 21 heavy (non-hydrogen) atoms. The molecule has 0 saturated heterocycles. The van der Waals surface area contributed by atoms with Crippen LogP contribution in [0.5, 0.6) is 0 Å². The Bertz CT molecular complexity index is 420. The molecule has 0 radical (unpaired) electrons. The fourth-order valence-electron chi connectivity index (χ4n) is 2.53. The van der Waals surface area contributed by atoms with E-state index in [-0.39, 0.29) is 0 Å². The van der Waals surface area contributed by atoms with E-state index in [0.717, 1.165) is 13.1 Å². The number of hydrogen-bond donors (Lipinski definition) is 1. The van der Waals surface area contributed by atoms with Crippen LogP contribution in [0.25, 0.3) is 0 Å². The Morgan fingerprint density at radius 3 is 1.33 bits per heavy atom. The van der Waals surface area contributed by atoms with E-state index in [1.165, 1.54) is 11.1 Å². The Morgan fingerprint density at radius 2 is 1.10 bits per heavy atom. The van der Waals surface area contributed by atoms with Gasteiger partial charge in [0.05, 0.1) is 0 Å². The Balaban J connectivity index is 0.000000383. The molecule has 0 aliphatic heterocycles. The highest BCUT2D eigenvalue weighted by Crippen LogP contribution is 2.31. The summed E-state index contributed by atoms with van der Waals surface area (Å²) in [5.74, 6) is 1.12. The van der Waals surface area contributed by atoms with Gasteiger partial charge in [0.25, 0.3) is 0 Å². The lowest BCUT2D eigenvalue weighted by molar-refractivity contribution is 0.564. The zero-order valence-electron chi connectivity index (χ0n) is 13.8. The molecule has 0 spiro atoms. The van der Waals surface area contributed by atoms with Crippen LogP contribution in [0.1, 0.15) is 44.7 Å². The summed E-state index contributed by atoms with van der Waals surface area (Å²) in [7, 11) is 0. The summed E-state index contributed by atoms with van der Waals surface area (Å²) in [5, 5.41) is 3.11. The van der Waals surface area contributed by atoms with Gasteiger partial charge in [0.2, 0.25) is 0 Å². The van der Waals surface area contributed by atoms with Gasteiger partial charge in [-0.15, -0.1) is 0 Å². The van der Waals surface area contributed by atoms with E-state index in [0.29, 0.717) is 11.8 Å². The van der Waals surface area contributed by atoms with E-state index < -0.39 is 0 Å². The fraction of sp³-hybridized carbons (Fsp3) is 0.400. The van der Waals surface area contributed by atoms with E-state index in [1.807, 2.05) is 0 Å². The second-order valence-electron chi connectivity index (χ2n) is 5.50. The van der Waals surface area contributed by atoms with E-state index in [2.05, 4.69) is 93.7 Å². The Labute approximate surface area is 130 Å². The van der Waals surface area contributed by atoms with Gasteiger partial charge in [0, 0.05) is 5.92 Å². The molecule has 0 aromatic heterocycles. The standard InChI is InChI=1S/C16H18.C4H11N/c1-13(2)16(14-9-5-3-6-10-14)15-11-7-4-8-12-15;1-3-5-4-2/h3-13,16H,1-2H3;5H,3-4H2,1-2H3. The lowest BCUT2D eigenvalue weighted by atomic mass is 9.83. The summed E-state index contributed by atoms with van der Waals surface area (Å²) >= 11 is 0. The van der Waals surface area contributed by atoms with Gasteiger partial charge < -0.3 is 5.32 Å². The minimum atomic E-state index is 0.502. The summed E-state index contributed by atoms with van der Waals surface area (Å²) in [6.45, 7) is 11.0. The summed E-state index contributed by atoms with van der Waals surface area (Å²) < 4.78 is 0. The molecule has 2 rings (SSSR count). The van der Waals surface area contributed by atoms with Gasteiger partial charge in [-0.05, 0) is 30.1 Å². The van der Waals surface area contributed by atoms with Gasteiger partial charge in [-0.3, -0.25) is 0 Å². The van der Waals surface area contributed by atoms with Crippen LogP contribution in [-0.4, -0.2) is 13.1 Å². The van der Waals surface area contributed by atoms with Gasteiger partial charge in [-0.2, -0.15) is 0 Å². The molecule has 0 amide bonds. The van der Waals surface area contributed by atoms with Crippen LogP contribution in [0.2, 0.25) is 0 Å². The van der Waals surface area contributed by atoms with Crippen molar-refractivity contribution < 1.29 is 0 Å². The van der Waals surface area contributed by atoms with Crippen molar-refractivity contribution >= 4 is 0 Å². The average molecular weight is 283 g/mol. The molecule has 0 aliphatic rings. The molecule has 0 saturated carbocycles. The van der Waals surface area contributed by atoms with E-state index in [1.54, 1.807) is 0 Å². The third-order valence-corrected chi connectivity index (χ3v) is 3.48. The molecule has 114 valence electrons. The first-order chi connectivity index (χ1) is 10.2. The average Bonchev–Trinajstić information content (AvgIpc) is 2.51. The maximum absolute atomic E-state index is 3.11. The SMILES string of the molecule is CC(C)C(c1ccccc1)c1ccccc1.CCNCC. The summed E-state index contributed by atoms with van der Waals surface area (Å²) in [6, 6.07) is 21.5. The molecule has 0 aliphatic carbocycles. The second kappa shape index (κ2) is 10.2. The zero-order chi connectivity index (χ0) is 15.5. The summed E-state index contributed by atoms with van der Waals surface area (Å²) in [4.78, 5) is 0. The predicted octanol–water partition coefficient (Wildman–Crippen LogP) is 5.09. The lowest BCUT2D eigenvalue weighted by Crippen LogP contribution is -2.09. The molecule has 1 heteroatoms. The van der Waals surface area contributed by atoms with Crippen molar-refractivity contribution in [3.05, 3.63) is 71.8 Å². The van der Waals surface area contributed by atoms with E-state index in [9.17, 15) is 0 Å². The first kappa shape index (κ1) is 17.5. The third-order valence-electron chi connectivity index (χ3n) is 3.48. The highest BCUT2D eigenvalue weighted by Gasteiger charge is 2.16. The highest BCUT2D eigenvalue weighted by molar-refractivity contribution is 5.32. The van der Waals surface area contributed by atoms with Gasteiger partial charge in [0.15, 0.2) is 0 Å². The van der Waals surface area contributed by atoms with Crippen LogP contribution in [0.15, 0.2) is 60.7 Å². The van der Waals surface area contributed by atoms with Gasteiger partial charge >= 0.3 is 0 Å². The molecule has 0 unspecified atom stereocenters. The van der Waals surface area contributed by atoms with E-state index in [4.69, 9.17) is 0 Å². The van der Waals surface area contributed by atoms with Crippen LogP contribution in [0.4, 0.5) is 0 Å². The first-order valence-corrected chi connectivity index (χ1v) is 8.01. The second-order valence-corrected chi connectivity index (χ2v) is 5.50. The quantitative estimate of drug-likeness (QED) is 0.806. The molecular weight excluding hydrogens is 254 g/mol. The largest absolute Gasteiger partial charge is 0.317 e. The first-order valence-electron chi connectivity index (χ1n) is 8.01. The Kier molecular flexibility index (Phi) is 8.45. The highest BCUT2D eigenvalue weighted by atomic mass is 14.8. The Hall–Kier alpha value is -1.60. The summed E-state index contributed by atoms with van der Waals surface area (Å²) in [5.41, 5.74) is 2.81. The molecule has 0 atom stereocenters. The van der Waals surface area contributed by atoms with Gasteiger partial charge in [0.1, 0.15) is 0 Å². The fourth-order valence-corrected chi connectivity index (χ4v) is 2.53. The molecule has 1 N–H and O–H groups in total. The monoisotopic (exact) mass is 283 g/mol. The van der Waals surface area contributed by atoms with Crippen LogP contribution < -0.4 is 5.32 Å². The molecule has 0 bridgehead atoms. The molecule has 2 aromatic rings. The molecule has 1 nitrogen and oxygen atoms in total. The smallest absolute Gasteiger partial charge is 0.0112 e. The van der Waals surface area contributed by atoms with Gasteiger partial charge in [-0.25, -0.2) is 0 Å². The van der Waals surface area contributed by atoms with Crippen LogP contribution in [0.3, 0.4) is 0 Å². The zero-order valence-corrected chi connectivity index (χ0v) is 13.8. The maximum atomic E-state index is 3.11. The van der Waals surface area contributed by atoms with Crippen LogP contribution in [-0.2, 0) is 0 Å². The number of rotatable bonds is 5. The van der Waals surface area contributed by atoms with E-state index >= 15 is 0 Å². The molecule has 0 heterocycles. The van der Waals surface area contributed by atoms with Gasteiger partial charge in [-0.1, -0.05) is 88.4 Å². The minimum absolute atomic E-state index is 0.502. The van der Waals surface area contributed by atoms with Crippen molar-refractivity contribution in [3.63, 3.8) is 0 Å². The van der Waals surface area contributed by atoms with Crippen LogP contribution in [0, 0.1) is 5.92 Å². The van der Waals surface area contributed by atoms with Crippen molar-refractivity contribution in [1.82, 2.24) is 5.32 Å². The van der Waals surface area contributed by atoms with Crippen molar-refractivity contribution in [2.24, 2.45) is 5.92 Å². The van der Waals surface area contributed by atoms with Crippen molar-refractivity contribution in [2.75, 3.05) is 13.1 Å². The van der Waals surface area contributed by atoms with Crippen molar-refractivity contribution in [3.8, 4) is 0 Å². The van der Waals surface area contributed by atoms with Crippen LogP contribution >= 0.6 is 0 Å². The molecule has 2 aromatic carbocycles. The summed E-state index contributed by atoms with van der Waals surface area (Å²) in [6.07, 6.45) is 0. The third kappa shape index (κ3) is 6.14. The van der Waals surface area contributed by atoms with Crippen molar-refractivity contribution in [1.29, 1.82) is 0 Å². The number of hydrogen-bond acceptors (Lipinski definition) is 1. The Morgan fingerprint density at radius 1 is 0.714 bits per heavy atom. The van der Waals surface area contributed by atoms with Crippen molar-refractivity contribution in [2.45, 2.75) is 33.6 Å². The normalized spacial score (nSPS) is 10.4. The molecular formula is C20H29N. The topological polar surface area (TPSA) is 12.0 Å².